The second kappa shape index (κ2) is 7.63. The zero-order valence-electron chi connectivity index (χ0n) is 13.5. The largest absolute Gasteiger partial charge is 0.325 e. The molecule has 0 unspecified atom stereocenters. The molecule has 0 fully saturated rings. The molecule has 24 heavy (non-hydrogen) atoms. The molecule has 1 aromatic carbocycles. The van der Waals surface area contributed by atoms with Crippen molar-refractivity contribution < 1.29 is 4.79 Å². The van der Waals surface area contributed by atoms with Gasteiger partial charge in [0, 0.05) is 28.6 Å². The highest BCUT2D eigenvalue weighted by atomic mass is 32.2. The van der Waals surface area contributed by atoms with Crippen LogP contribution >= 0.6 is 23.1 Å². The number of thioether (sulfide) groups is 1. The molecule has 3 aromatic rings. The molecular formula is C17H18N4OS2. The predicted molar refractivity (Wildman–Crippen MR) is 99.5 cm³/mol. The standard InChI is InChI=1S/C17H18N4OS2/c1-3-14-9-12(10-23-14)16-19-20-17(21(16)2)24-11-15(22)18-13-7-5-4-6-8-13/h4-10H,3,11H2,1-2H3,(H,18,22). The number of thiophene rings is 1. The van der Waals surface area contributed by atoms with Gasteiger partial charge in [0.1, 0.15) is 0 Å². The van der Waals surface area contributed by atoms with Gasteiger partial charge in [-0.15, -0.1) is 21.5 Å². The van der Waals surface area contributed by atoms with E-state index in [1.54, 1.807) is 11.3 Å². The minimum Gasteiger partial charge on any atom is -0.325 e. The van der Waals surface area contributed by atoms with Gasteiger partial charge in [-0.05, 0) is 24.6 Å². The Kier molecular flexibility index (Phi) is 5.32. The summed E-state index contributed by atoms with van der Waals surface area (Å²) in [7, 11) is 1.93. The summed E-state index contributed by atoms with van der Waals surface area (Å²) in [4.78, 5) is 13.4. The lowest BCUT2D eigenvalue weighted by Crippen LogP contribution is -2.14. The molecule has 7 heteroatoms. The number of para-hydroxylation sites is 1. The van der Waals surface area contributed by atoms with Crippen molar-refractivity contribution in [3.8, 4) is 11.4 Å². The summed E-state index contributed by atoms with van der Waals surface area (Å²) < 4.78 is 1.93. The third-order valence-electron chi connectivity index (χ3n) is 3.49. The fourth-order valence-corrected chi connectivity index (χ4v) is 3.75. The Morgan fingerprint density at radius 3 is 2.79 bits per heavy atom. The molecular weight excluding hydrogens is 340 g/mol. The topological polar surface area (TPSA) is 59.8 Å². The third kappa shape index (κ3) is 3.85. The summed E-state index contributed by atoms with van der Waals surface area (Å²) in [5, 5.41) is 14.2. The molecule has 0 aliphatic carbocycles. The fraction of sp³-hybridized carbons (Fsp3) is 0.235. The van der Waals surface area contributed by atoms with E-state index in [1.165, 1.54) is 16.6 Å². The Morgan fingerprint density at radius 1 is 1.29 bits per heavy atom. The smallest absolute Gasteiger partial charge is 0.234 e. The maximum Gasteiger partial charge on any atom is 0.234 e. The first-order chi connectivity index (χ1) is 11.7. The van der Waals surface area contributed by atoms with Crippen molar-refractivity contribution in [3.63, 3.8) is 0 Å². The molecule has 0 spiro atoms. The van der Waals surface area contributed by atoms with E-state index in [4.69, 9.17) is 0 Å². The lowest BCUT2D eigenvalue weighted by Gasteiger charge is -2.05. The molecule has 2 aromatic heterocycles. The maximum atomic E-state index is 12.0. The van der Waals surface area contributed by atoms with E-state index in [0.717, 1.165) is 28.7 Å². The van der Waals surface area contributed by atoms with Gasteiger partial charge in [0.25, 0.3) is 0 Å². The highest BCUT2D eigenvalue weighted by molar-refractivity contribution is 7.99. The molecule has 0 aliphatic heterocycles. The zero-order valence-corrected chi connectivity index (χ0v) is 15.2. The number of nitrogens with one attached hydrogen (secondary N) is 1. The van der Waals surface area contributed by atoms with Gasteiger partial charge in [-0.1, -0.05) is 36.9 Å². The van der Waals surface area contributed by atoms with Crippen molar-refractivity contribution in [1.29, 1.82) is 0 Å². The van der Waals surface area contributed by atoms with Gasteiger partial charge >= 0.3 is 0 Å². The quantitative estimate of drug-likeness (QED) is 0.680. The van der Waals surface area contributed by atoms with E-state index in [-0.39, 0.29) is 5.91 Å². The summed E-state index contributed by atoms with van der Waals surface area (Å²) in [6.07, 6.45) is 1.02. The molecule has 0 aliphatic rings. The van der Waals surface area contributed by atoms with E-state index in [2.05, 4.69) is 33.9 Å². The number of hydrogen-bond acceptors (Lipinski definition) is 5. The number of carbonyl (C=O) groups excluding carboxylic acids is 1. The molecule has 0 radical (unpaired) electrons. The average molecular weight is 358 g/mol. The predicted octanol–water partition coefficient (Wildman–Crippen LogP) is 3.84. The van der Waals surface area contributed by atoms with E-state index in [0.29, 0.717) is 5.75 Å². The highest BCUT2D eigenvalue weighted by Crippen LogP contribution is 2.27. The summed E-state index contributed by atoms with van der Waals surface area (Å²) in [6.45, 7) is 2.14. The monoisotopic (exact) mass is 358 g/mol. The van der Waals surface area contributed by atoms with Crippen LogP contribution in [0.15, 0.2) is 46.9 Å². The SMILES string of the molecule is CCc1cc(-c2nnc(SCC(=O)Nc3ccccc3)n2C)cs1. The van der Waals surface area contributed by atoms with Crippen LogP contribution in [0.1, 0.15) is 11.8 Å². The lowest BCUT2D eigenvalue weighted by molar-refractivity contribution is -0.113. The number of benzene rings is 1. The van der Waals surface area contributed by atoms with Crippen LogP contribution in [-0.4, -0.2) is 26.4 Å². The van der Waals surface area contributed by atoms with Crippen molar-refractivity contribution in [2.45, 2.75) is 18.5 Å². The van der Waals surface area contributed by atoms with Gasteiger partial charge in [0.05, 0.1) is 5.75 Å². The summed E-state index contributed by atoms with van der Waals surface area (Å²) in [5.41, 5.74) is 1.87. The highest BCUT2D eigenvalue weighted by Gasteiger charge is 2.14. The van der Waals surface area contributed by atoms with Gasteiger partial charge in [-0.3, -0.25) is 4.79 Å². The Labute approximate surface area is 149 Å². The number of aryl methyl sites for hydroxylation is 1. The minimum atomic E-state index is -0.0560. The van der Waals surface area contributed by atoms with Crippen molar-refractivity contribution in [1.82, 2.24) is 14.8 Å². The molecule has 0 bridgehead atoms. The molecule has 0 saturated heterocycles. The first-order valence-corrected chi connectivity index (χ1v) is 9.48. The van der Waals surface area contributed by atoms with Crippen LogP contribution in [0.3, 0.4) is 0 Å². The molecule has 1 N–H and O–H groups in total. The molecule has 2 heterocycles. The van der Waals surface area contributed by atoms with E-state index < -0.39 is 0 Å². The van der Waals surface area contributed by atoms with Crippen LogP contribution in [0.5, 0.6) is 0 Å². The Bertz CT molecular complexity index is 826. The van der Waals surface area contributed by atoms with Gasteiger partial charge in [0.2, 0.25) is 5.91 Å². The number of nitrogens with zero attached hydrogens (tertiary/aromatic N) is 3. The number of aromatic nitrogens is 3. The van der Waals surface area contributed by atoms with Crippen LogP contribution in [0.2, 0.25) is 0 Å². The zero-order chi connectivity index (χ0) is 16.9. The molecule has 124 valence electrons. The Morgan fingerprint density at radius 2 is 2.08 bits per heavy atom. The van der Waals surface area contributed by atoms with Crippen LogP contribution in [0.25, 0.3) is 11.4 Å². The number of amides is 1. The molecule has 0 saturated carbocycles. The van der Waals surface area contributed by atoms with Crippen molar-refractivity contribution >= 4 is 34.7 Å². The van der Waals surface area contributed by atoms with Gasteiger partial charge in [-0.2, -0.15) is 0 Å². The van der Waals surface area contributed by atoms with Crippen molar-refractivity contribution in [2.24, 2.45) is 7.05 Å². The third-order valence-corrected chi connectivity index (χ3v) is 5.59. The Balaban J connectivity index is 1.63. The molecule has 3 rings (SSSR count). The first-order valence-electron chi connectivity index (χ1n) is 7.62. The van der Waals surface area contributed by atoms with Gasteiger partial charge in [-0.25, -0.2) is 0 Å². The average Bonchev–Trinajstić information content (AvgIpc) is 3.20. The molecule has 0 atom stereocenters. The van der Waals surface area contributed by atoms with Crippen LogP contribution in [-0.2, 0) is 18.3 Å². The normalized spacial score (nSPS) is 10.8. The lowest BCUT2D eigenvalue weighted by atomic mass is 10.2. The Hall–Kier alpha value is -2.12. The van der Waals surface area contributed by atoms with Crippen molar-refractivity contribution in [2.75, 3.05) is 11.1 Å². The minimum absolute atomic E-state index is 0.0560. The second-order valence-corrected chi connectivity index (χ2v) is 7.16. The fourth-order valence-electron chi connectivity index (χ4n) is 2.22. The number of rotatable bonds is 6. The second-order valence-electron chi connectivity index (χ2n) is 5.22. The summed E-state index contributed by atoms with van der Waals surface area (Å²) in [5.74, 6) is 1.07. The van der Waals surface area contributed by atoms with E-state index >= 15 is 0 Å². The summed E-state index contributed by atoms with van der Waals surface area (Å²) in [6, 6.07) is 11.6. The van der Waals surface area contributed by atoms with E-state index in [9.17, 15) is 4.79 Å². The number of carbonyl (C=O) groups is 1. The van der Waals surface area contributed by atoms with Crippen LogP contribution in [0.4, 0.5) is 5.69 Å². The van der Waals surface area contributed by atoms with Gasteiger partial charge in [0.15, 0.2) is 11.0 Å². The first kappa shape index (κ1) is 16.7. The van der Waals surface area contributed by atoms with Crippen molar-refractivity contribution in [3.05, 3.63) is 46.7 Å². The van der Waals surface area contributed by atoms with Crippen LogP contribution < -0.4 is 5.32 Å². The summed E-state index contributed by atoms with van der Waals surface area (Å²) >= 11 is 3.11. The number of hydrogen-bond donors (Lipinski definition) is 1. The van der Waals surface area contributed by atoms with Gasteiger partial charge < -0.3 is 9.88 Å². The van der Waals surface area contributed by atoms with E-state index in [1.807, 2.05) is 41.9 Å². The molecule has 5 nitrogen and oxygen atoms in total. The van der Waals surface area contributed by atoms with Crippen LogP contribution in [0, 0.1) is 0 Å². The molecule has 1 amide bonds. The maximum absolute atomic E-state index is 12.0. The number of anilines is 1.